The van der Waals surface area contributed by atoms with E-state index in [1.165, 1.54) is 6.92 Å². The van der Waals surface area contributed by atoms with Gasteiger partial charge in [-0.05, 0) is 20.3 Å². The van der Waals surface area contributed by atoms with Gasteiger partial charge in [-0.2, -0.15) is 0 Å². The van der Waals surface area contributed by atoms with E-state index in [0.717, 1.165) is 6.42 Å². The van der Waals surface area contributed by atoms with Crippen molar-refractivity contribution < 1.29 is 14.3 Å². The van der Waals surface area contributed by atoms with Crippen LogP contribution in [0.4, 0.5) is 4.79 Å². The highest BCUT2D eigenvalue weighted by atomic mass is 16.5. The number of ether oxygens (including phenoxy) is 1. The molecule has 0 fully saturated rings. The highest BCUT2D eigenvalue weighted by Gasteiger charge is 2.15. The van der Waals surface area contributed by atoms with Crippen LogP contribution in [-0.2, 0) is 9.53 Å². The zero-order valence-corrected chi connectivity index (χ0v) is 8.42. The van der Waals surface area contributed by atoms with Crippen LogP contribution in [0.25, 0.3) is 0 Å². The quantitative estimate of drug-likeness (QED) is 0.709. The number of nitrogens with one attached hydrogen (secondary N) is 1. The second-order valence-electron chi connectivity index (χ2n) is 2.82. The maximum atomic E-state index is 11.0. The number of hydrogen-bond acceptors (Lipinski definition) is 3. The smallest absolute Gasteiger partial charge is 0.407 e. The monoisotopic (exact) mass is 187 g/mol. The minimum absolute atomic E-state index is 0.0325. The number of rotatable bonds is 5. The Morgan fingerprint density at radius 3 is 2.38 bits per heavy atom. The predicted molar refractivity (Wildman–Crippen MR) is 49.5 cm³/mol. The van der Waals surface area contributed by atoms with Crippen LogP contribution < -0.4 is 5.32 Å². The number of carbonyl (C=O) groups is 2. The summed E-state index contributed by atoms with van der Waals surface area (Å²) in [4.78, 5) is 22.0. The van der Waals surface area contributed by atoms with Gasteiger partial charge in [0.05, 0.1) is 12.6 Å². The van der Waals surface area contributed by atoms with Crippen LogP contribution in [0.1, 0.15) is 33.6 Å². The lowest BCUT2D eigenvalue weighted by Gasteiger charge is -2.13. The molecule has 4 heteroatoms. The van der Waals surface area contributed by atoms with Crippen LogP contribution >= 0.6 is 0 Å². The molecule has 4 nitrogen and oxygen atoms in total. The number of ketones is 1. The lowest BCUT2D eigenvalue weighted by molar-refractivity contribution is -0.119. The van der Waals surface area contributed by atoms with E-state index in [0.29, 0.717) is 13.0 Å². The Morgan fingerprint density at radius 2 is 2.00 bits per heavy atom. The minimum Gasteiger partial charge on any atom is -0.450 e. The molecule has 0 saturated carbocycles. The minimum atomic E-state index is -0.517. The highest BCUT2D eigenvalue weighted by molar-refractivity contribution is 5.85. The summed E-state index contributed by atoms with van der Waals surface area (Å²) in [6.07, 6.45) is 1.00. The molecular weight excluding hydrogens is 170 g/mol. The number of carbonyl (C=O) groups excluding carboxylic acids is 2. The molecule has 0 saturated heterocycles. The topological polar surface area (TPSA) is 55.4 Å². The molecule has 0 radical (unpaired) electrons. The van der Waals surface area contributed by atoms with Gasteiger partial charge in [-0.3, -0.25) is 4.79 Å². The second kappa shape index (κ2) is 6.46. The van der Waals surface area contributed by atoms with Crippen molar-refractivity contribution >= 4 is 11.9 Å². The van der Waals surface area contributed by atoms with Crippen LogP contribution in [0.15, 0.2) is 0 Å². The average molecular weight is 187 g/mol. The first-order chi connectivity index (χ1) is 6.11. The van der Waals surface area contributed by atoms with E-state index in [1.807, 2.05) is 6.92 Å². The Bertz CT molecular complexity index is 180. The molecule has 1 atom stereocenters. The molecule has 0 heterocycles. The summed E-state index contributed by atoms with van der Waals surface area (Å²) < 4.78 is 4.67. The van der Waals surface area contributed by atoms with Gasteiger partial charge in [-0.1, -0.05) is 13.3 Å². The first kappa shape index (κ1) is 11.9. The van der Waals surface area contributed by atoms with Crippen molar-refractivity contribution in [2.45, 2.75) is 39.7 Å². The third kappa shape index (κ3) is 5.22. The highest BCUT2D eigenvalue weighted by Crippen LogP contribution is 1.98. The Kier molecular flexibility index (Phi) is 5.93. The van der Waals surface area contributed by atoms with E-state index < -0.39 is 12.1 Å². The first-order valence-electron chi connectivity index (χ1n) is 4.55. The molecule has 0 aliphatic rings. The van der Waals surface area contributed by atoms with Gasteiger partial charge in [0.2, 0.25) is 0 Å². The summed E-state index contributed by atoms with van der Waals surface area (Å²) >= 11 is 0. The van der Waals surface area contributed by atoms with E-state index in [9.17, 15) is 9.59 Å². The number of Topliss-reactive ketones (excluding diaryl/α,β-unsaturated/α-hetero) is 1. The molecule has 0 bridgehead atoms. The zero-order chi connectivity index (χ0) is 10.3. The fraction of sp³-hybridized carbons (Fsp3) is 0.778. The molecule has 76 valence electrons. The fourth-order valence-electron chi connectivity index (χ4n) is 0.981. The SMILES string of the molecule is CCCC(NC(=O)OCC)C(C)=O. The maximum absolute atomic E-state index is 11.0. The Balaban J connectivity index is 3.94. The fourth-order valence-corrected chi connectivity index (χ4v) is 0.981. The summed E-state index contributed by atoms with van der Waals surface area (Å²) in [5, 5.41) is 2.51. The van der Waals surface area contributed by atoms with E-state index >= 15 is 0 Å². The average Bonchev–Trinajstić information content (AvgIpc) is 2.04. The summed E-state index contributed by atoms with van der Waals surface area (Å²) in [5.41, 5.74) is 0. The van der Waals surface area contributed by atoms with Gasteiger partial charge in [-0.25, -0.2) is 4.79 Å². The standard InChI is InChI=1S/C9H17NO3/c1-4-6-8(7(3)11)10-9(12)13-5-2/h8H,4-6H2,1-3H3,(H,10,12). The van der Waals surface area contributed by atoms with Crippen LogP contribution in [0.5, 0.6) is 0 Å². The summed E-state index contributed by atoms with van der Waals surface area (Å²) in [7, 11) is 0. The zero-order valence-electron chi connectivity index (χ0n) is 8.42. The first-order valence-corrected chi connectivity index (χ1v) is 4.55. The van der Waals surface area contributed by atoms with Crippen LogP contribution in [0, 0.1) is 0 Å². The second-order valence-corrected chi connectivity index (χ2v) is 2.82. The van der Waals surface area contributed by atoms with Crippen LogP contribution in [-0.4, -0.2) is 24.5 Å². The van der Waals surface area contributed by atoms with Gasteiger partial charge in [0.15, 0.2) is 5.78 Å². The van der Waals surface area contributed by atoms with Crippen molar-refractivity contribution in [3.05, 3.63) is 0 Å². The number of amides is 1. The van der Waals surface area contributed by atoms with Gasteiger partial charge >= 0.3 is 6.09 Å². The van der Waals surface area contributed by atoms with Gasteiger partial charge in [-0.15, -0.1) is 0 Å². The van der Waals surface area contributed by atoms with E-state index in [2.05, 4.69) is 10.1 Å². The van der Waals surface area contributed by atoms with E-state index in [-0.39, 0.29) is 5.78 Å². The summed E-state index contributed by atoms with van der Waals surface area (Å²) in [6, 6.07) is -0.399. The van der Waals surface area contributed by atoms with E-state index in [1.54, 1.807) is 6.92 Å². The molecule has 0 aromatic rings. The van der Waals surface area contributed by atoms with Gasteiger partial charge in [0, 0.05) is 0 Å². The maximum Gasteiger partial charge on any atom is 0.407 e. The normalized spacial score (nSPS) is 11.9. The van der Waals surface area contributed by atoms with Crippen molar-refractivity contribution in [2.24, 2.45) is 0 Å². The third-order valence-corrected chi connectivity index (χ3v) is 1.64. The van der Waals surface area contributed by atoms with Crippen molar-refractivity contribution in [2.75, 3.05) is 6.61 Å². The molecule has 0 aliphatic carbocycles. The third-order valence-electron chi connectivity index (χ3n) is 1.64. The Labute approximate surface area is 78.6 Å². The van der Waals surface area contributed by atoms with Crippen molar-refractivity contribution in [1.82, 2.24) is 5.32 Å². The summed E-state index contributed by atoms with van der Waals surface area (Å²) in [5.74, 6) is -0.0325. The molecule has 1 amide bonds. The Morgan fingerprint density at radius 1 is 1.38 bits per heavy atom. The molecule has 0 aromatic carbocycles. The Hall–Kier alpha value is -1.06. The molecule has 1 N–H and O–H groups in total. The van der Waals surface area contributed by atoms with Crippen LogP contribution in [0.2, 0.25) is 0 Å². The largest absolute Gasteiger partial charge is 0.450 e. The lowest BCUT2D eigenvalue weighted by Crippen LogP contribution is -2.39. The molecule has 1 unspecified atom stereocenters. The predicted octanol–water partition coefficient (Wildman–Crippen LogP) is 1.49. The van der Waals surface area contributed by atoms with Crippen molar-refractivity contribution in [1.29, 1.82) is 0 Å². The lowest BCUT2D eigenvalue weighted by atomic mass is 10.1. The van der Waals surface area contributed by atoms with Gasteiger partial charge in [0.1, 0.15) is 0 Å². The molecule has 0 spiro atoms. The van der Waals surface area contributed by atoms with Crippen molar-refractivity contribution in [3.63, 3.8) is 0 Å². The molecule has 0 rings (SSSR count). The number of hydrogen-bond donors (Lipinski definition) is 1. The molecule has 0 aromatic heterocycles. The van der Waals surface area contributed by atoms with Crippen molar-refractivity contribution in [3.8, 4) is 0 Å². The number of alkyl carbamates (subject to hydrolysis) is 1. The molecule has 13 heavy (non-hydrogen) atoms. The van der Waals surface area contributed by atoms with Gasteiger partial charge < -0.3 is 10.1 Å². The molecular formula is C9H17NO3. The van der Waals surface area contributed by atoms with Gasteiger partial charge in [0.25, 0.3) is 0 Å². The molecule has 0 aliphatic heterocycles. The summed E-state index contributed by atoms with van der Waals surface area (Å²) in [6.45, 7) is 5.47. The van der Waals surface area contributed by atoms with Crippen LogP contribution in [0.3, 0.4) is 0 Å². The van der Waals surface area contributed by atoms with E-state index in [4.69, 9.17) is 0 Å².